The van der Waals surface area contributed by atoms with Crippen LogP contribution in [0.15, 0.2) is 61.1 Å². The Hall–Kier alpha value is -4.16. The van der Waals surface area contributed by atoms with Gasteiger partial charge in [0.1, 0.15) is 5.69 Å². The van der Waals surface area contributed by atoms with Crippen molar-refractivity contribution in [2.45, 2.75) is 32.4 Å². The quantitative estimate of drug-likeness (QED) is 0.307. The van der Waals surface area contributed by atoms with Crippen molar-refractivity contribution in [2.24, 2.45) is 5.92 Å². The number of hydrogen-bond acceptors (Lipinski definition) is 4. The fraction of sp³-hybridized carbons (Fsp3) is 0.214. The van der Waals surface area contributed by atoms with Gasteiger partial charge in [0.25, 0.3) is 5.91 Å². The summed E-state index contributed by atoms with van der Waals surface area (Å²) in [5, 5.41) is 11.2. The molecule has 0 atom stereocenters. The second-order valence-electron chi connectivity index (χ2n) is 9.11. The number of hydrogen-bond donors (Lipinski definition) is 1. The number of rotatable bonds is 5. The van der Waals surface area contributed by atoms with Crippen molar-refractivity contribution in [1.29, 1.82) is 0 Å². The Morgan fingerprint density at radius 2 is 1.92 bits per heavy atom. The van der Waals surface area contributed by atoms with Crippen LogP contribution < -0.4 is 5.32 Å². The van der Waals surface area contributed by atoms with Gasteiger partial charge < -0.3 is 9.88 Å². The third-order valence-corrected chi connectivity index (χ3v) is 6.35. The molecule has 1 saturated carbocycles. The fourth-order valence-electron chi connectivity index (χ4n) is 3.87. The number of carbonyl (C=O) groups excluding carboxylic acids is 1. The predicted molar refractivity (Wildman–Crippen MR) is 137 cm³/mol. The summed E-state index contributed by atoms with van der Waals surface area (Å²) in [5.41, 5.74) is 1.53. The van der Waals surface area contributed by atoms with Gasteiger partial charge in [-0.2, -0.15) is 18.3 Å². The SMILES string of the molecule is Cc1cn(-c2ccc(NC(=O)c3ccc(Cl)c(C#Cc4ccc(CC5CC5)nn4)c3)cc2C(F)(F)F)cn1. The van der Waals surface area contributed by atoms with E-state index in [4.69, 9.17) is 11.6 Å². The average molecular weight is 536 g/mol. The molecule has 0 aliphatic heterocycles. The molecule has 38 heavy (non-hydrogen) atoms. The summed E-state index contributed by atoms with van der Waals surface area (Å²) >= 11 is 6.26. The topological polar surface area (TPSA) is 72.7 Å². The normalized spacial score (nSPS) is 13.1. The van der Waals surface area contributed by atoms with Crippen molar-refractivity contribution < 1.29 is 18.0 Å². The molecule has 1 aliphatic carbocycles. The van der Waals surface area contributed by atoms with E-state index in [1.807, 2.05) is 6.07 Å². The summed E-state index contributed by atoms with van der Waals surface area (Å²) in [6.45, 7) is 1.68. The summed E-state index contributed by atoms with van der Waals surface area (Å²) < 4.78 is 42.7. The van der Waals surface area contributed by atoms with Crippen LogP contribution in [0.2, 0.25) is 5.02 Å². The lowest BCUT2D eigenvalue weighted by atomic mass is 10.1. The van der Waals surface area contributed by atoms with Crippen molar-refractivity contribution in [1.82, 2.24) is 19.7 Å². The third kappa shape index (κ3) is 6.03. The molecule has 0 unspecified atom stereocenters. The molecule has 5 rings (SSSR count). The van der Waals surface area contributed by atoms with Crippen LogP contribution in [0.1, 0.15) is 51.4 Å². The van der Waals surface area contributed by atoms with E-state index in [1.165, 1.54) is 60.3 Å². The van der Waals surface area contributed by atoms with Crippen molar-refractivity contribution in [2.75, 3.05) is 5.32 Å². The van der Waals surface area contributed by atoms with Gasteiger partial charge in [-0.05, 0) is 86.6 Å². The molecule has 0 saturated heterocycles. The molecule has 0 radical (unpaired) electrons. The molecule has 2 aromatic heterocycles. The van der Waals surface area contributed by atoms with Crippen LogP contribution >= 0.6 is 11.6 Å². The molecule has 2 heterocycles. The second kappa shape index (κ2) is 10.3. The number of aryl methyl sites for hydroxylation is 1. The summed E-state index contributed by atoms with van der Waals surface area (Å²) in [6, 6.07) is 11.7. The minimum Gasteiger partial charge on any atom is -0.322 e. The maximum absolute atomic E-state index is 13.8. The van der Waals surface area contributed by atoms with Gasteiger partial charge in [-0.3, -0.25) is 4.79 Å². The van der Waals surface area contributed by atoms with Gasteiger partial charge in [0.2, 0.25) is 0 Å². The number of halogens is 4. The molecule has 1 amide bonds. The van der Waals surface area contributed by atoms with Gasteiger partial charge in [-0.25, -0.2) is 4.98 Å². The molecule has 1 N–H and O–H groups in total. The first-order chi connectivity index (χ1) is 18.2. The highest BCUT2D eigenvalue weighted by molar-refractivity contribution is 6.32. The lowest BCUT2D eigenvalue weighted by Crippen LogP contribution is -2.15. The standard InChI is InChI=1S/C28H21ClF3N5O/c1-17-15-37(16-33-17)26-11-9-22(14-24(26)28(30,31)32)34-27(38)20-5-10-25(29)19(13-20)4-6-21-7-8-23(36-35-21)12-18-2-3-18/h5,7-11,13-16,18H,2-3,12H2,1H3,(H,34,38). The van der Waals surface area contributed by atoms with Crippen LogP contribution in [0.5, 0.6) is 0 Å². The van der Waals surface area contributed by atoms with Crippen LogP contribution in [0, 0.1) is 24.7 Å². The third-order valence-electron chi connectivity index (χ3n) is 6.02. The van der Waals surface area contributed by atoms with E-state index in [-0.39, 0.29) is 16.9 Å². The molecule has 4 aromatic rings. The molecule has 0 spiro atoms. The maximum Gasteiger partial charge on any atom is 0.418 e. The number of nitrogens with one attached hydrogen (secondary N) is 1. The minimum absolute atomic E-state index is 0.00735. The van der Waals surface area contributed by atoms with Crippen LogP contribution in [-0.4, -0.2) is 25.7 Å². The minimum atomic E-state index is -4.64. The van der Waals surface area contributed by atoms with Crippen molar-refractivity contribution in [3.63, 3.8) is 0 Å². The van der Waals surface area contributed by atoms with E-state index >= 15 is 0 Å². The number of benzene rings is 2. The van der Waals surface area contributed by atoms with Crippen LogP contribution in [-0.2, 0) is 12.6 Å². The van der Waals surface area contributed by atoms with Crippen molar-refractivity contribution >= 4 is 23.2 Å². The zero-order valence-corrected chi connectivity index (χ0v) is 20.9. The first-order valence-electron chi connectivity index (χ1n) is 11.8. The van der Waals surface area contributed by atoms with Gasteiger partial charge in [0, 0.05) is 23.0 Å². The molecular weight excluding hydrogens is 515 g/mol. The smallest absolute Gasteiger partial charge is 0.322 e. The van der Waals surface area contributed by atoms with Gasteiger partial charge in [0.15, 0.2) is 0 Å². The number of carbonyl (C=O) groups is 1. The molecule has 192 valence electrons. The first-order valence-corrected chi connectivity index (χ1v) is 12.2. The first kappa shape index (κ1) is 25.5. The Bertz CT molecular complexity index is 1560. The molecule has 2 aromatic carbocycles. The van der Waals surface area contributed by atoms with E-state index in [1.54, 1.807) is 13.0 Å². The van der Waals surface area contributed by atoms with Gasteiger partial charge in [-0.15, -0.1) is 5.10 Å². The van der Waals surface area contributed by atoms with E-state index in [0.29, 0.717) is 27.9 Å². The van der Waals surface area contributed by atoms with Gasteiger partial charge >= 0.3 is 6.18 Å². The van der Waals surface area contributed by atoms with E-state index in [9.17, 15) is 18.0 Å². The number of alkyl halides is 3. The van der Waals surface area contributed by atoms with Crippen LogP contribution in [0.3, 0.4) is 0 Å². The van der Waals surface area contributed by atoms with Crippen molar-refractivity contribution in [3.8, 4) is 17.5 Å². The largest absolute Gasteiger partial charge is 0.418 e. The average Bonchev–Trinajstić information content (AvgIpc) is 3.60. The molecular formula is C28H21ClF3N5O. The Morgan fingerprint density at radius 3 is 2.58 bits per heavy atom. The summed E-state index contributed by atoms with van der Waals surface area (Å²) in [7, 11) is 0. The van der Waals surface area contributed by atoms with E-state index in [2.05, 4.69) is 32.3 Å². The number of nitrogens with zero attached hydrogens (tertiary/aromatic N) is 4. The monoisotopic (exact) mass is 535 g/mol. The van der Waals surface area contributed by atoms with Gasteiger partial charge in [0.05, 0.1) is 34.0 Å². The molecule has 1 aliphatic rings. The van der Waals surface area contributed by atoms with Crippen LogP contribution in [0.4, 0.5) is 18.9 Å². The molecule has 6 nitrogen and oxygen atoms in total. The van der Waals surface area contributed by atoms with Crippen molar-refractivity contribution in [3.05, 3.63) is 99.8 Å². The second-order valence-corrected chi connectivity index (χ2v) is 9.52. The molecule has 10 heteroatoms. The highest BCUT2D eigenvalue weighted by Gasteiger charge is 2.34. The Balaban J connectivity index is 1.35. The number of anilines is 1. The zero-order valence-electron chi connectivity index (χ0n) is 20.2. The molecule has 0 bridgehead atoms. The summed E-state index contributed by atoms with van der Waals surface area (Å²) in [6.07, 6.45) is 1.53. The number of imidazole rings is 1. The highest BCUT2D eigenvalue weighted by Crippen LogP contribution is 2.36. The lowest BCUT2D eigenvalue weighted by molar-refractivity contribution is -0.137. The fourth-order valence-corrected chi connectivity index (χ4v) is 4.03. The zero-order chi connectivity index (χ0) is 26.9. The maximum atomic E-state index is 13.8. The highest BCUT2D eigenvalue weighted by atomic mass is 35.5. The predicted octanol–water partition coefficient (Wildman–Crippen LogP) is 6.25. The Morgan fingerprint density at radius 1 is 1.11 bits per heavy atom. The number of amides is 1. The molecule has 1 fully saturated rings. The van der Waals surface area contributed by atoms with Gasteiger partial charge in [-0.1, -0.05) is 17.5 Å². The van der Waals surface area contributed by atoms with E-state index in [0.717, 1.165) is 18.2 Å². The summed E-state index contributed by atoms with van der Waals surface area (Å²) in [5.74, 6) is 5.88. The van der Waals surface area contributed by atoms with E-state index < -0.39 is 17.6 Å². The Labute approximate surface area is 221 Å². The lowest BCUT2D eigenvalue weighted by Gasteiger charge is -2.15. The number of aromatic nitrogens is 4. The Kier molecular flexibility index (Phi) is 6.91. The van der Waals surface area contributed by atoms with Crippen LogP contribution in [0.25, 0.3) is 5.69 Å². The summed E-state index contributed by atoms with van der Waals surface area (Å²) in [4.78, 5) is 16.9.